The van der Waals surface area contributed by atoms with Crippen LogP contribution >= 0.6 is 0 Å². The first-order valence-corrected chi connectivity index (χ1v) is 5.47. The van der Waals surface area contributed by atoms with E-state index in [0.29, 0.717) is 6.04 Å². The lowest BCUT2D eigenvalue weighted by molar-refractivity contribution is 0.203. The highest BCUT2D eigenvalue weighted by Gasteiger charge is 2.20. The lowest BCUT2D eigenvalue weighted by Crippen LogP contribution is -2.36. The number of nitrogens with zero attached hydrogens (tertiary/aromatic N) is 2. The molecule has 1 aliphatic rings. The molecule has 2 rings (SSSR count). The van der Waals surface area contributed by atoms with Crippen LogP contribution in [0.15, 0.2) is 18.2 Å². The molecule has 0 bridgehead atoms. The van der Waals surface area contributed by atoms with Gasteiger partial charge in [-0.2, -0.15) is 5.26 Å². The molecule has 0 aliphatic carbocycles. The van der Waals surface area contributed by atoms with Crippen molar-refractivity contribution >= 4 is 0 Å². The van der Waals surface area contributed by atoms with Gasteiger partial charge < -0.3 is 0 Å². The zero-order valence-corrected chi connectivity index (χ0v) is 9.33. The average Bonchev–Trinajstić information content (AvgIpc) is 2.27. The summed E-state index contributed by atoms with van der Waals surface area (Å²) in [6, 6.07) is 8.90. The Balaban J connectivity index is 2.35. The number of fused-ring (bicyclic) bond motifs is 1. The maximum atomic E-state index is 9.05. The van der Waals surface area contributed by atoms with Crippen LogP contribution in [0.4, 0.5) is 0 Å². The lowest BCUT2D eigenvalue weighted by atomic mass is 9.95. The summed E-state index contributed by atoms with van der Waals surface area (Å²) >= 11 is 0. The van der Waals surface area contributed by atoms with Crippen LogP contribution in [0, 0.1) is 11.3 Å². The number of nitriles is 1. The van der Waals surface area contributed by atoms with E-state index in [0.717, 1.165) is 25.1 Å². The second-order valence-electron chi connectivity index (χ2n) is 4.37. The van der Waals surface area contributed by atoms with Crippen molar-refractivity contribution in [3.05, 3.63) is 34.9 Å². The van der Waals surface area contributed by atoms with Crippen molar-refractivity contribution in [2.75, 3.05) is 6.54 Å². The van der Waals surface area contributed by atoms with Crippen molar-refractivity contribution in [3.63, 3.8) is 0 Å². The van der Waals surface area contributed by atoms with Crippen molar-refractivity contribution in [2.45, 2.75) is 32.9 Å². The Labute approximate surface area is 91.1 Å². The molecule has 1 aromatic rings. The Morgan fingerprint density at radius 3 is 2.87 bits per heavy atom. The Hall–Kier alpha value is -1.33. The number of hydrogen-bond acceptors (Lipinski definition) is 2. The molecule has 0 N–H and O–H groups in total. The smallest absolute Gasteiger partial charge is 0.0995 e. The third kappa shape index (κ3) is 1.88. The summed E-state index contributed by atoms with van der Waals surface area (Å²) in [7, 11) is 0. The molecular weight excluding hydrogens is 184 g/mol. The minimum atomic E-state index is 0.560. The third-order valence-corrected chi connectivity index (χ3v) is 3.15. The van der Waals surface area contributed by atoms with E-state index in [1.54, 1.807) is 0 Å². The van der Waals surface area contributed by atoms with Crippen molar-refractivity contribution in [2.24, 2.45) is 0 Å². The van der Waals surface area contributed by atoms with E-state index < -0.39 is 0 Å². The van der Waals surface area contributed by atoms with Gasteiger partial charge in [-0.3, -0.25) is 4.90 Å². The SMILES string of the molecule is CC(C)N1CCc2cccc(C#N)c2C1. The highest BCUT2D eigenvalue weighted by molar-refractivity contribution is 5.43. The molecule has 1 aliphatic heterocycles. The predicted molar refractivity (Wildman–Crippen MR) is 60.4 cm³/mol. The van der Waals surface area contributed by atoms with Crippen molar-refractivity contribution in [1.82, 2.24) is 4.90 Å². The minimum Gasteiger partial charge on any atom is -0.296 e. The summed E-state index contributed by atoms with van der Waals surface area (Å²) in [5.41, 5.74) is 3.43. The monoisotopic (exact) mass is 200 g/mol. The molecule has 0 radical (unpaired) electrons. The summed E-state index contributed by atoms with van der Waals surface area (Å²) in [6.45, 7) is 6.45. The third-order valence-electron chi connectivity index (χ3n) is 3.15. The Morgan fingerprint density at radius 1 is 1.40 bits per heavy atom. The first-order valence-electron chi connectivity index (χ1n) is 5.47. The van der Waals surface area contributed by atoms with Gasteiger partial charge in [0.2, 0.25) is 0 Å². The molecule has 0 aromatic heterocycles. The van der Waals surface area contributed by atoms with E-state index in [1.807, 2.05) is 12.1 Å². The van der Waals surface area contributed by atoms with Crippen LogP contribution in [0.25, 0.3) is 0 Å². The maximum Gasteiger partial charge on any atom is 0.0995 e. The summed E-state index contributed by atoms with van der Waals surface area (Å²) in [5, 5.41) is 9.05. The quantitative estimate of drug-likeness (QED) is 0.695. The maximum absolute atomic E-state index is 9.05. The van der Waals surface area contributed by atoms with Crippen LogP contribution in [-0.4, -0.2) is 17.5 Å². The second-order valence-corrected chi connectivity index (χ2v) is 4.37. The second kappa shape index (κ2) is 4.04. The Bertz CT molecular complexity index is 401. The van der Waals surface area contributed by atoms with Crippen molar-refractivity contribution < 1.29 is 0 Å². The van der Waals surface area contributed by atoms with E-state index in [-0.39, 0.29) is 0 Å². The van der Waals surface area contributed by atoms with E-state index in [2.05, 4.69) is 30.9 Å². The van der Waals surface area contributed by atoms with Gasteiger partial charge in [0, 0.05) is 19.1 Å². The fourth-order valence-electron chi connectivity index (χ4n) is 2.15. The molecule has 0 saturated carbocycles. The fourth-order valence-corrected chi connectivity index (χ4v) is 2.15. The molecule has 0 atom stereocenters. The first kappa shape index (κ1) is 10.2. The van der Waals surface area contributed by atoms with E-state index in [4.69, 9.17) is 5.26 Å². The average molecular weight is 200 g/mol. The van der Waals surface area contributed by atoms with Crippen LogP contribution in [0.5, 0.6) is 0 Å². The zero-order valence-electron chi connectivity index (χ0n) is 9.33. The number of rotatable bonds is 1. The molecule has 78 valence electrons. The van der Waals surface area contributed by atoms with Crippen LogP contribution in [0.1, 0.15) is 30.5 Å². The molecule has 2 nitrogen and oxygen atoms in total. The van der Waals surface area contributed by atoms with Gasteiger partial charge in [-0.05, 0) is 37.5 Å². The van der Waals surface area contributed by atoms with Crippen LogP contribution in [0.2, 0.25) is 0 Å². The minimum absolute atomic E-state index is 0.560. The Kier molecular flexibility index (Phi) is 2.75. The molecule has 2 heteroatoms. The molecule has 15 heavy (non-hydrogen) atoms. The molecule has 0 spiro atoms. The number of hydrogen-bond donors (Lipinski definition) is 0. The van der Waals surface area contributed by atoms with E-state index >= 15 is 0 Å². The molecular formula is C13H16N2. The predicted octanol–water partition coefficient (Wildman–Crippen LogP) is 2.32. The van der Waals surface area contributed by atoms with Crippen molar-refractivity contribution in [3.8, 4) is 6.07 Å². The zero-order chi connectivity index (χ0) is 10.8. The van der Waals surface area contributed by atoms with Gasteiger partial charge in [0.05, 0.1) is 11.6 Å². The van der Waals surface area contributed by atoms with Gasteiger partial charge in [0.15, 0.2) is 0 Å². The fraction of sp³-hybridized carbons (Fsp3) is 0.462. The summed E-state index contributed by atoms with van der Waals surface area (Å²) in [6.07, 6.45) is 1.07. The van der Waals surface area contributed by atoms with Gasteiger partial charge in [-0.25, -0.2) is 0 Å². The molecule has 0 saturated heterocycles. The first-order chi connectivity index (χ1) is 7.22. The highest BCUT2D eigenvalue weighted by atomic mass is 15.1. The van der Waals surface area contributed by atoms with Gasteiger partial charge in [-0.15, -0.1) is 0 Å². The molecule has 1 heterocycles. The van der Waals surface area contributed by atoms with Gasteiger partial charge in [0.1, 0.15) is 0 Å². The topological polar surface area (TPSA) is 27.0 Å². The molecule has 0 fully saturated rings. The van der Waals surface area contributed by atoms with E-state index in [9.17, 15) is 0 Å². The summed E-state index contributed by atoms with van der Waals surface area (Å²) in [5.74, 6) is 0. The normalized spacial score (nSPS) is 16.1. The summed E-state index contributed by atoms with van der Waals surface area (Å²) < 4.78 is 0. The molecule has 1 aromatic carbocycles. The molecule has 0 unspecified atom stereocenters. The van der Waals surface area contributed by atoms with Gasteiger partial charge in [-0.1, -0.05) is 12.1 Å². The van der Waals surface area contributed by atoms with Crippen LogP contribution in [0.3, 0.4) is 0 Å². The highest BCUT2D eigenvalue weighted by Crippen LogP contribution is 2.23. The lowest BCUT2D eigenvalue weighted by Gasteiger charge is -2.32. The number of benzene rings is 1. The summed E-state index contributed by atoms with van der Waals surface area (Å²) in [4.78, 5) is 2.42. The van der Waals surface area contributed by atoms with Crippen LogP contribution in [-0.2, 0) is 13.0 Å². The molecule has 0 amide bonds. The van der Waals surface area contributed by atoms with E-state index in [1.165, 1.54) is 11.1 Å². The van der Waals surface area contributed by atoms with Crippen LogP contribution < -0.4 is 0 Å². The standard InChI is InChI=1S/C13H16N2/c1-10(2)15-7-6-11-4-3-5-12(8-14)13(11)9-15/h3-5,10H,6-7,9H2,1-2H3. The van der Waals surface area contributed by atoms with Crippen molar-refractivity contribution in [1.29, 1.82) is 5.26 Å². The van der Waals surface area contributed by atoms with Gasteiger partial charge >= 0.3 is 0 Å². The Morgan fingerprint density at radius 2 is 2.20 bits per heavy atom. The largest absolute Gasteiger partial charge is 0.296 e. The van der Waals surface area contributed by atoms with Gasteiger partial charge in [0.25, 0.3) is 0 Å².